The molecule has 0 aliphatic heterocycles. The summed E-state index contributed by atoms with van der Waals surface area (Å²) in [6.45, 7) is 23.7. The van der Waals surface area contributed by atoms with Crippen LogP contribution < -0.4 is 0 Å². The Kier molecular flexibility index (Phi) is 13.1. The second kappa shape index (κ2) is 16.1. The van der Waals surface area contributed by atoms with Gasteiger partial charge in [-0.25, -0.2) is 12.2 Å². The first kappa shape index (κ1) is 42.3. The van der Waals surface area contributed by atoms with E-state index in [0.29, 0.717) is 0 Å². The largest absolute Gasteiger partial charge is 0.273 e. The van der Waals surface area contributed by atoms with Crippen LogP contribution in [-0.4, -0.2) is 3.21 Å². The molecule has 3 heteroatoms. The predicted molar refractivity (Wildman–Crippen MR) is 229 cm³/mol. The van der Waals surface area contributed by atoms with Gasteiger partial charge in [-0.15, -0.1) is 71.0 Å². The first-order chi connectivity index (χ1) is 23.5. The van der Waals surface area contributed by atoms with Crippen LogP contribution in [0, 0.1) is 19.9 Å². The van der Waals surface area contributed by atoms with Crippen LogP contribution in [0.2, 0.25) is 0 Å². The van der Waals surface area contributed by atoms with Crippen molar-refractivity contribution in [2.45, 2.75) is 123 Å². The van der Waals surface area contributed by atoms with E-state index >= 15 is 0 Å². The van der Waals surface area contributed by atoms with Gasteiger partial charge < -0.3 is 0 Å². The normalized spacial score (nSPS) is 18.1. The number of fused-ring (bicyclic) bond motifs is 5. The summed E-state index contributed by atoms with van der Waals surface area (Å²) in [7, 11) is 0. The molecule has 5 aromatic rings. The van der Waals surface area contributed by atoms with E-state index in [-0.39, 0.29) is 46.5 Å². The standard InChI is InChI=1S/C29H37.C15H14.C5H5.2ClH.Zr/c1-26(2)9-11-28(5,6)24-16-20-18(14-22(24)26)13-19-15-23-25(17-21(19)20)29(7,8)12-10-27(23,3)4;1-12-3-7-14(8-4-12)11-15-9-5-13(2)6-10-15;1-2-4-5-3-1;;;/h13-17H,9-12H2,1-8H3;3-10H,1-2H3;1-3H,4H2;2*1H;/q-1;;-1;;;+2. The van der Waals surface area contributed by atoms with Gasteiger partial charge in [0.2, 0.25) is 0 Å². The Bertz CT molecular complexity index is 1950. The van der Waals surface area contributed by atoms with E-state index in [0.717, 1.165) is 6.42 Å². The molecule has 0 radical (unpaired) electrons. The second-order valence-corrected chi connectivity index (χ2v) is 19.0. The zero-order valence-corrected chi connectivity index (χ0v) is 37.2. The third kappa shape index (κ3) is 8.75. The van der Waals surface area contributed by atoms with Gasteiger partial charge >= 0.3 is 112 Å². The minimum atomic E-state index is 0. The molecule has 0 bridgehead atoms. The summed E-state index contributed by atoms with van der Waals surface area (Å²) < 4.78 is 1.42. The predicted octanol–water partition coefficient (Wildman–Crippen LogP) is 14.0. The minimum Gasteiger partial charge on any atom is -0.273 e. The molecule has 0 spiro atoms. The van der Waals surface area contributed by atoms with E-state index in [9.17, 15) is 0 Å². The first-order valence-corrected chi connectivity index (χ1v) is 19.9. The zero-order valence-electron chi connectivity index (χ0n) is 33.1. The van der Waals surface area contributed by atoms with E-state index in [1.165, 1.54) is 96.9 Å². The van der Waals surface area contributed by atoms with Crippen molar-refractivity contribution >= 4 is 49.6 Å². The van der Waals surface area contributed by atoms with Gasteiger partial charge in [-0.05, 0) is 47.3 Å². The number of allylic oxidation sites excluding steroid dienone is 4. The summed E-state index contributed by atoms with van der Waals surface area (Å²) in [6, 6.07) is 30.2. The van der Waals surface area contributed by atoms with Gasteiger partial charge in [0.1, 0.15) is 0 Å². The van der Waals surface area contributed by atoms with Gasteiger partial charge in [0.25, 0.3) is 0 Å². The van der Waals surface area contributed by atoms with E-state index in [1.54, 1.807) is 22.3 Å². The number of hydrogen-bond donors (Lipinski definition) is 0. The monoisotopic (exact) mass is 806 g/mol. The van der Waals surface area contributed by atoms with Crippen molar-refractivity contribution in [1.82, 2.24) is 0 Å². The van der Waals surface area contributed by atoms with Crippen LogP contribution in [0.15, 0.2) is 97.1 Å². The molecule has 3 aliphatic rings. The second-order valence-electron chi connectivity index (χ2n) is 17.8. The Morgan fingerprint density at radius 1 is 0.558 bits per heavy atom. The first-order valence-electron chi connectivity index (χ1n) is 18.7. The maximum absolute atomic E-state index is 2.99. The Morgan fingerprint density at radius 2 is 0.904 bits per heavy atom. The molecule has 0 unspecified atom stereocenters. The maximum atomic E-state index is 2.99. The molecule has 0 amide bonds. The summed E-state index contributed by atoms with van der Waals surface area (Å²) in [5.74, 6) is 0. The average Bonchev–Trinajstić information content (AvgIpc) is 3.77. The van der Waals surface area contributed by atoms with Crippen molar-refractivity contribution in [2.24, 2.45) is 0 Å². The third-order valence-corrected chi connectivity index (χ3v) is 13.3. The van der Waals surface area contributed by atoms with Crippen molar-refractivity contribution in [3.63, 3.8) is 0 Å². The number of hydrogen-bond acceptors (Lipinski definition) is 0. The van der Waals surface area contributed by atoms with Gasteiger partial charge in [-0.2, -0.15) is 6.08 Å². The molecule has 0 heterocycles. The maximum Gasteiger partial charge on any atom is -0.109 e. The van der Waals surface area contributed by atoms with Gasteiger partial charge in [-0.1, -0.05) is 89.8 Å². The fourth-order valence-corrected chi connectivity index (χ4v) is 8.90. The molecule has 8 rings (SSSR count). The molecule has 0 atom stereocenters. The quantitative estimate of drug-likeness (QED) is 0.156. The van der Waals surface area contributed by atoms with Crippen LogP contribution in [0.3, 0.4) is 0 Å². The summed E-state index contributed by atoms with van der Waals surface area (Å²) in [4.78, 5) is 0. The third-order valence-electron chi connectivity index (χ3n) is 11.9. The summed E-state index contributed by atoms with van der Waals surface area (Å²) >= 11 is 1.46. The summed E-state index contributed by atoms with van der Waals surface area (Å²) in [6.07, 6.45) is 15.1. The van der Waals surface area contributed by atoms with E-state index in [4.69, 9.17) is 0 Å². The van der Waals surface area contributed by atoms with Gasteiger partial charge in [0.15, 0.2) is 0 Å². The smallest absolute Gasteiger partial charge is 0.109 e. The topological polar surface area (TPSA) is 0 Å². The molecule has 0 N–H and O–H groups in total. The number of halogens is 2. The molecule has 0 fully saturated rings. The molecule has 0 saturated carbocycles. The minimum absolute atomic E-state index is 0. The molecule has 3 aliphatic carbocycles. The number of aryl methyl sites for hydroxylation is 2. The van der Waals surface area contributed by atoms with Crippen molar-refractivity contribution < 1.29 is 24.2 Å². The fraction of sp³-hybridized carbons (Fsp3) is 0.388. The Hall–Kier alpha value is -2.44. The fourth-order valence-electron chi connectivity index (χ4n) is 8.08. The number of benzene rings is 4. The molecular formula is C49H58Cl2Zr. The molecule has 0 saturated heterocycles. The molecule has 5 aromatic carbocycles. The molecule has 272 valence electrons. The van der Waals surface area contributed by atoms with Crippen LogP contribution in [0.1, 0.15) is 132 Å². The van der Waals surface area contributed by atoms with E-state index in [1.807, 2.05) is 12.2 Å². The van der Waals surface area contributed by atoms with Crippen molar-refractivity contribution in [2.75, 3.05) is 0 Å². The van der Waals surface area contributed by atoms with Crippen LogP contribution >= 0.6 is 24.8 Å². The van der Waals surface area contributed by atoms with Crippen LogP contribution in [-0.2, 0) is 45.9 Å². The molecular weight excluding hydrogens is 751 g/mol. The summed E-state index contributed by atoms with van der Waals surface area (Å²) in [5.41, 5.74) is 12.7. The van der Waals surface area contributed by atoms with Crippen LogP contribution in [0.4, 0.5) is 0 Å². The van der Waals surface area contributed by atoms with Gasteiger partial charge in [-0.3, -0.25) is 6.08 Å². The van der Waals surface area contributed by atoms with Gasteiger partial charge in [0, 0.05) is 0 Å². The average molecular weight is 809 g/mol. The van der Waals surface area contributed by atoms with E-state index in [2.05, 4.69) is 160 Å². The molecule has 0 nitrogen and oxygen atoms in total. The summed E-state index contributed by atoms with van der Waals surface area (Å²) in [5, 5.41) is 5.79. The molecule has 0 aromatic heterocycles. The number of rotatable bonds is 2. The SMILES string of the molecule is CC1(C)CCC(C)(C)c2cc3c(cc21)[cH-]c1cc2c(cc13)C(C)(C)CCC2(C)C.Cc1ccc([C](=[Zr+2])c2ccc(C)cc2)cc1.Cl.Cl.[C-]1=CC=CC1. The van der Waals surface area contributed by atoms with Crippen molar-refractivity contribution in [3.8, 4) is 0 Å². The van der Waals surface area contributed by atoms with Crippen molar-refractivity contribution in [1.29, 1.82) is 0 Å². The van der Waals surface area contributed by atoms with E-state index < -0.39 is 0 Å². The zero-order chi connectivity index (χ0) is 36.1. The van der Waals surface area contributed by atoms with Crippen LogP contribution in [0.25, 0.3) is 21.5 Å². The van der Waals surface area contributed by atoms with Crippen LogP contribution in [0.5, 0.6) is 0 Å². The Labute approximate surface area is 342 Å². The molecule has 52 heavy (non-hydrogen) atoms. The Morgan fingerprint density at radius 3 is 1.19 bits per heavy atom. The van der Waals surface area contributed by atoms with Crippen molar-refractivity contribution in [3.05, 3.63) is 148 Å². The Balaban J connectivity index is 0.000000221. The van der Waals surface area contributed by atoms with Gasteiger partial charge in [0.05, 0.1) is 0 Å².